The summed E-state index contributed by atoms with van der Waals surface area (Å²) in [5.74, 6) is -0.0367. The van der Waals surface area contributed by atoms with E-state index < -0.39 is 0 Å². The zero-order valence-electron chi connectivity index (χ0n) is 18.8. The smallest absolute Gasteiger partial charge is 0.249 e. The van der Waals surface area contributed by atoms with Crippen molar-refractivity contribution in [2.24, 2.45) is 0 Å². The molecule has 2 heterocycles. The molecule has 0 bridgehead atoms. The molecule has 1 amide bonds. The number of anilines is 1. The fraction of sp³-hybridized carbons (Fsp3) is 0.0741. The quantitative estimate of drug-likeness (QED) is 0.334. The van der Waals surface area contributed by atoms with E-state index in [0.29, 0.717) is 29.6 Å². The predicted octanol–water partition coefficient (Wildman–Crippen LogP) is 5.51. The average Bonchev–Trinajstić information content (AvgIpc) is 3.39. The number of fused-ring (bicyclic) bond motifs is 1. The van der Waals surface area contributed by atoms with E-state index >= 15 is 0 Å². The fourth-order valence-electron chi connectivity index (χ4n) is 3.81. The van der Waals surface area contributed by atoms with Crippen LogP contribution in [0.3, 0.4) is 0 Å². The van der Waals surface area contributed by atoms with E-state index in [1.54, 1.807) is 41.1 Å². The molecule has 2 aromatic heterocycles. The molecule has 0 atom stereocenters. The highest BCUT2D eigenvalue weighted by Crippen LogP contribution is 2.24. The van der Waals surface area contributed by atoms with Gasteiger partial charge in [0.15, 0.2) is 0 Å². The maximum atomic E-state index is 13.4. The van der Waals surface area contributed by atoms with Crippen LogP contribution >= 0.6 is 0 Å². The molecule has 0 aliphatic carbocycles. The first kappa shape index (κ1) is 22.2. The molecule has 0 saturated carbocycles. The number of rotatable bonds is 6. The lowest BCUT2D eigenvalue weighted by Crippen LogP contribution is -2.15. The van der Waals surface area contributed by atoms with Crippen LogP contribution in [0.4, 0.5) is 14.6 Å². The molecule has 5 rings (SSSR count). The summed E-state index contributed by atoms with van der Waals surface area (Å²) in [6, 6.07) is 21.6. The lowest BCUT2D eigenvalue weighted by molar-refractivity contribution is -0.111. The molecule has 0 unspecified atom stereocenters. The lowest BCUT2D eigenvalue weighted by Gasteiger charge is -2.12. The Hall–Kier alpha value is -4.59. The first-order valence-electron chi connectivity index (χ1n) is 11.0. The van der Waals surface area contributed by atoms with Gasteiger partial charge >= 0.3 is 0 Å². The van der Waals surface area contributed by atoms with Crippen LogP contribution in [0.5, 0.6) is 0 Å². The molecule has 6 nitrogen and oxygen atoms in total. The number of hydrogen-bond donors (Lipinski definition) is 1. The van der Waals surface area contributed by atoms with E-state index in [1.165, 1.54) is 30.3 Å². The van der Waals surface area contributed by atoms with E-state index in [2.05, 4.69) is 10.4 Å². The summed E-state index contributed by atoms with van der Waals surface area (Å²) in [6.07, 6.45) is 2.98. The van der Waals surface area contributed by atoms with Gasteiger partial charge in [0.05, 0.1) is 23.3 Å². The number of aryl methyl sites for hydroxylation is 1. The monoisotopic (exact) mass is 469 g/mol. The SMILES string of the molecule is Cc1cc(NC(=O)C=Cc2ccc(F)cc2)n(-c2nc3ccccc3n2Cc2ccc(F)cc2)n1. The van der Waals surface area contributed by atoms with E-state index in [0.717, 1.165) is 16.6 Å². The highest BCUT2D eigenvalue weighted by atomic mass is 19.1. The molecule has 174 valence electrons. The molecule has 35 heavy (non-hydrogen) atoms. The van der Waals surface area contributed by atoms with Crippen LogP contribution in [0, 0.1) is 18.6 Å². The van der Waals surface area contributed by atoms with Gasteiger partial charge in [0.1, 0.15) is 17.5 Å². The third-order valence-electron chi connectivity index (χ3n) is 5.46. The third kappa shape index (κ3) is 4.86. The summed E-state index contributed by atoms with van der Waals surface area (Å²) in [6.45, 7) is 2.26. The van der Waals surface area contributed by atoms with Gasteiger partial charge in [-0.15, -0.1) is 0 Å². The maximum Gasteiger partial charge on any atom is 0.249 e. The number of hydrogen-bond acceptors (Lipinski definition) is 3. The number of benzene rings is 3. The molecule has 0 aliphatic heterocycles. The number of halogens is 2. The molecule has 0 saturated heterocycles. The molecule has 0 spiro atoms. The van der Waals surface area contributed by atoms with Gasteiger partial charge in [-0.1, -0.05) is 36.4 Å². The topological polar surface area (TPSA) is 64.7 Å². The van der Waals surface area contributed by atoms with Gasteiger partial charge in [-0.2, -0.15) is 9.78 Å². The summed E-state index contributed by atoms with van der Waals surface area (Å²) >= 11 is 0. The molecule has 5 aromatic rings. The Morgan fingerprint density at radius 2 is 1.66 bits per heavy atom. The number of carbonyl (C=O) groups excluding carboxylic acids is 1. The van der Waals surface area contributed by atoms with Gasteiger partial charge in [0.2, 0.25) is 11.9 Å². The molecule has 3 aromatic carbocycles. The summed E-state index contributed by atoms with van der Waals surface area (Å²) in [5.41, 5.74) is 3.95. The van der Waals surface area contributed by atoms with Crippen molar-refractivity contribution in [3.63, 3.8) is 0 Å². The Morgan fingerprint density at radius 1 is 0.971 bits per heavy atom. The Bertz CT molecular complexity index is 1530. The van der Waals surface area contributed by atoms with Crippen molar-refractivity contribution < 1.29 is 13.6 Å². The maximum absolute atomic E-state index is 13.4. The van der Waals surface area contributed by atoms with Crippen LogP contribution in [0.2, 0.25) is 0 Å². The fourth-order valence-corrected chi connectivity index (χ4v) is 3.81. The van der Waals surface area contributed by atoms with Crippen molar-refractivity contribution in [3.8, 4) is 5.95 Å². The zero-order chi connectivity index (χ0) is 24.4. The third-order valence-corrected chi connectivity index (χ3v) is 5.46. The van der Waals surface area contributed by atoms with Crippen molar-refractivity contribution in [1.82, 2.24) is 19.3 Å². The van der Waals surface area contributed by atoms with Crippen molar-refractivity contribution in [2.45, 2.75) is 13.5 Å². The molecule has 0 fully saturated rings. The number of nitrogens with zero attached hydrogens (tertiary/aromatic N) is 4. The molecular formula is C27H21F2N5O. The Balaban J connectivity index is 1.49. The normalized spacial score (nSPS) is 11.4. The first-order chi connectivity index (χ1) is 17.0. The van der Waals surface area contributed by atoms with Gasteiger partial charge < -0.3 is 9.88 Å². The number of nitrogens with one attached hydrogen (secondary N) is 1. The molecule has 8 heteroatoms. The largest absolute Gasteiger partial charge is 0.307 e. The van der Waals surface area contributed by atoms with Crippen molar-refractivity contribution >= 4 is 28.8 Å². The molecular weight excluding hydrogens is 448 g/mol. The number of imidazole rings is 1. The van der Waals surface area contributed by atoms with Crippen molar-refractivity contribution in [3.05, 3.63) is 113 Å². The van der Waals surface area contributed by atoms with Crippen LogP contribution in [0.25, 0.3) is 23.1 Å². The van der Waals surface area contributed by atoms with Gasteiger partial charge in [-0.25, -0.2) is 13.8 Å². The predicted molar refractivity (Wildman–Crippen MR) is 131 cm³/mol. The summed E-state index contributed by atoms with van der Waals surface area (Å²) in [7, 11) is 0. The van der Waals surface area contributed by atoms with Gasteiger partial charge in [-0.3, -0.25) is 4.79 Å². The van der Waals surface area contributed by atoms with Gasteiger partial charge in [0, 0.05) is 12.1 Å². The Labute approximate surface area is 200 Å². The van der Waals surface area contributed by atoms with Crippen LogP contribution in [-0.2, 0) is 11.3 Å². The standard InChI is InChI=1S/C27H21F2N5O/c1-18-16-25(31-26(35)15-10-19-6-11-21(28)12-7-19)34(32-18)27-30-23-4-2-3-5-24(23)33(27)17-20-8-13-22(29)14-9-20/h2-16H,17H2,1H3,(H,31,35). The zero-order valence-corrected chi connectivity index (χ0v) is 18.8. The van der Waals surface area contributed by atoms with E-state index in [4.69, 9.17) is 4.98 Å². The number of carbonyl (C=O) groups is 1. The second kappa shape index (κ2) is 9.34. The molecule has 1 N–H and O–H groups in total. The van der Waals surface area contributed by atoms with Gasteiger partial charge in [-0.05, 0) is 60.5 Å². The second-order valence-electron chi connectivity index (χ2n) is 8.07. The van der Waals surface area contributed by atoms with E-state index in [-0.39, 0.29) is 17.5 Å². The minimum absolute atomic E-state index is 0.300. The molecule has 0 radical (unpaired) electrons. The van der Waals surface area contributed by atoms with Crippen LogP contribution in [0.15, 0.2) is 84.9 Å². The van der Waals surface area contributed by atoms with Crippen LogP contribution in [0.1, 0.15) is 16.8 Å². The minimum atomic E-state index is -0.364. The highest BCUT2D eigenvalue weighted by Gasteiger charge is 2.18. The summed E-state index contributed by atoms with van der Waals surface area (Å²) in [5, 5.41) is 7.42. The summed E-state index contributed by atoms with van der Waals surface area (Å²) in [4.78, 5) is 17.4. The average molecular weight is 469 g/mol. The summed E-state index contributed by atoms with van der Waals surface area (Å²) < 4.78 is 30.1. The van der Waals surface area contributed by atoms with E-state index in [9.17, 15) is 13.6 Å². The minimum Gasteiger partial charge on any atom is -0.307 e. The van der Waals surface area contributed by atoms with E-state index in [1.807, 2.05) is 35.8 Å². The first-order valence-corrected chi connectivity index (χ1v) is 11.0. The van der Waals surface area contributed by atoms with Crippen molar-refractivity contribution in [1.29, 1.82) is 0 Å². The number of aromatic nitrogens is 4. The van der Waals surface area contributed by atoms with Crippen molar-refractivity contribution in [2.75, 3.05) is 5.32 Å². The van der Waals surface area contributed by atoms with Crippen LogP contribution in [-0.4, -0.2) is 25.2 Å². The number of amides is 1. The van der Waals surface area contributed by atoms with Gasteiger partial charge in [0.25, 0.3) is 0 Å². The Morgan fingerprint density at radius 3 is 2.40 bits per heavy atom. The second-order valence-corrected chi connectivity index (χ2v) is 8.07. The number of para-hydroxylation sites is 2. The Kier molecular flexibility index (Phi) is 5.93. The lowest BCUT2D eigenvalue weighted by atomic mass is 10.2. The molecule has 0 aliphatic rings. The van der Waals surface area contributed by atoms with Crippen LogP contribution < -0.4 is 5.32 Å². The highest BCUT2D eigenvalue weighted by molar-refractivity contribution is 6.01.